The van der Waals surface area contributed by atoms with Crippen LogP contribution in [-0.2, 0) is 0 Å². The van der Waals surface area contributed by atoms with E-state index in [9.17, 15) is 4.79 Å². The van der Waals surface area contributed by atoms with Gasteiger partial charge in [0.25, 0.3) is 5.88 Å². The third-order valence-corrected chi connectivity index (χ3v) is 2.56. The molecule has 6 nitrogen and oxygen atoms in total. The fourth-order valence-electron chi connectivity index (χ4n) is 1.55. The van der Waals surface area contributed by atoms with E-state index < -0.39 is 5.91 Å². The van der Waals surface area contributed by atoms with Crippen molar-refractivity contribution in [3.8, 4) is 5.88 Å². The number of amides is 1. The molecule has 1 aromatic heterocycles. The molecule has 0 aliphatic carbocycles. The zero-order chi connectivity index (χ0) is 13.2. The van der Waals surface area contributed by atoms with E-state index >= 15 is 0 Å². The Balaban J connectivity index is 2.12. The Bertz CT molecular complexity index is 352. The fraction of sp³-hybridized carbons (Fsp3) is 0.667. The topological polar surface area (TPSA) is 84.6 Å². The Morgan fingerprint density at radius 1 is 1.39 bits per heavy atom. The molecule has 2 N–H and O–H groups in total. The smallest absolute Gasteiger partial charge is 0.313 e. The molecule has 0 aliphatic heterocycles. The summed E-state index contributed by atoms with van der Waals surface area (Å²) in [4.78, 5) is 11.0. The van der Waals surface area contributed by atoms with Gasteiger partial charge in [0.15, 0.2) is 0 Å². The van der Waals surface area contributed by atoms with Crippen molar-refractivity contribution >= 4 is 5.91 Å². The van der Waals surface area contributed by atoms with Crippen molar-refractivity contribution in [1.29, 1.82) is 0 Å². The predicted molar refractivity (Wildman–Crippen MR) is 64.6 cm³/mol. The standard InChI is InChI=1S/C12H20N2O4/c1-2-3-4-5-6-7-8-17-11-9-10(18-14-11)12(15)13-16/h9,16H,2-8H2,1H3,(H,13,15). The average molecular weight is 256 g/mol. The van der Waals surface area contributed by atoms with Crippen molar-refractivity contribution in [3.05, 3.63) is 11.8 Å². The van der Waals surface area contributed by atoms with Gasteiger partial charge in [0.1, 0.15) is 0 Å². The second-order valence-corrected chi connectivity index (χ2v) is 4.09. The van der Waals surface area contributed by atoms with Gasteiger partial charge in [-0.25, -0.2) is 5.48 Å². The molecule has 0 radical (unpaired) electrons. The maximum absolute atomic E-state index is 11.0. The van der Waals surface area contributed by atoms with Crippen molar-refractivity contribution < 1.29 is 19.3 Å². The van der Waals surface area contributed by atoms with E-state index in [-0.39, 0.29) is 11.6 Å². The molecule has 18 heavy (non-hydrogen) atoms. The first kappa shape index (κ1) is 14.5. The summed E-state index contributed by atoms with van der Waals surface area (Å²) in [5, 5.41) is 11.9. The highest BCUT2D eigenvalue weighted by atomic mass is 16.5. The van der Waals surface area contributed by atoms with Gasteiger partial charge in [-0.1, -0.05) is 39.0 Å². The third kappa shape index (κ3) is 5.18. The van der Waals surface area contributed by atoms with Crippen LogP contribution in [0.2, 0.25) is 0 Å². The van der Waals surface area contributed by atoms with E-state index in [4.69, 9.17) is 9.94 Å². The van der Waals surface area contributed by atoms with Crippen LogP contribution in [0.1, 0.15) is 56.0 Å². The van der Waals surface area contributed by atoms with Crippen molar-refractivity contribution in [2.24, 2.45) is 0 Å². The average Bonchev–Trinajstić information content (AvgIpc) is 2.85. The van der Waals surface area contributed by atoms with E-state index in [0.717, 1.165) is 12.8 Å². The summed E-state index contributed by atoms with van der Waals surface area (Å²) in [6, 6.07) is 1.35. The van der Waals surface area contributed by atoms with Crippen LogP contribution < -0.4 is 10.2 Å². The summed E-state index contributed by atoms with van der Waals surface area (Å²) in [7, 11) is 0. The van der Waals surface area contributed by atoms with Gasteiger partial charge in [0.2, 0.25) is 5.76 Å². The molecule has 1 aromatic rings. The maximum Gasteiger partial charge on any atom is 0.313 e. The van der Waals surface area contributed by atoms with Crippen LogP contribution in [0.4, 0.5) is 0 Å². The number of nitrogens with one attached hydrogen (secondary N) is 1. The lowest BCUT2D eigenvalue weighted by Gasteiger charge is -2.01. The highest BCUT2D eigenvalue weighted by Gasteiger charge is 2.12. The van der Waals surface area contributed by atoms with E-state index in [1.165, 1.54) is 37.2 Å². The Kier molecular flexibility index (Phi) is 6.86. The van der Waals surface area contributed by atoms with Gasteiger partial charge in [0.05, 0.1) is 12.7 Å². The Morgan fingerprint density at radius 2 is 2.11 bits per heavy atom. The van der Waals surface area contributed by atoms with Crippen LogP contribution in [0.5, 0.6) is 5.88 Å². The summed E-state index contributed by atoms with van der Waals surface area (Å²) in [5.74, 6) is -0.547. The minimum atomic E-state index is -0.739. The van der Waals surface area contributed by atoms with E-state index in [0.29, 0.717) is 6.61 Å². The quantitative estimate of drug-likeness (QED) is 0.403. The summed E-state index contributed by atoms with van der Waals surface area (Å²) >= 11 is 0. The molecule has 1 rings (SSSR count). The Labute approximate surface area is 106 Å². The lowest BCUT2D eigenvalue weighted by Crippen LogP contribution is -2.17. The minimum Gasteiger partial charge on any atom is -0.475 e. The second-order valence-electron chi connectivity index (χ2n) is 4.09. The zero-order valence-electron chi connectivity index (χ0n) is 10.6. The molecule has 0 fully saturated rings. The highest BCUT2D eigenvalue weighted by Crippen LogP contribution is 2.12. The van der Waals surface area contributed by atoms with E-state index in [1.54, 1.807) is 0 Å². The molecular weight excluding hydrogens is 236 g/mol. The number of carbonyl (C=O) groups excluding carboxylic acids is 1. The summed E-state index contributed by atoms with van der Waals surface area (Å²) in [6.07, 6.45) is 7.09. The molecule has 0 bridgehead atoms. The first-order valence-electron chi connectivity index (χ1n) is 6.32. The van der Waals surface area contributed by atoms with E-state index in [2.05, 4.69) is 16.6 Å². The molecule has 1 heterocycles. The molecule has 0 saturated carbocycles. The molecule has 0 spiro atoms. The minimum absolute atomic E-state index is 0.0737. The van der Waals surface area contributed by atoms with Gasteiger partial charge < -0.3 is 9.26 Å². The van der Waals surface area contributed by atoms with Gasteiger partial charge in [-0.3, -0.25) is 10.0 Å². The zero-order valence-corrected chi connectivity index (χ0v) is 10.6. The van der Waals surface area contributed by atoms with Gasteiger partial charge in [0, 0.05) is 0 Å². The Morgan fingerprint density at radius 3 is 2.83 bits per heavy atom. The van der Waals surface area contributed by atoms with Crippen LogP contribution in [0.25, 0.3) is 0 Å². The van der Waals surface area contributed by atoms with Crippen LogP contribution in [-0.4, -0.2) is 22.9 Å². The molecule has 6 heteroatoms. The monoisotopic (exact) mass is 256 g/mol. The number of ether oxygens (including phenoxy) is 1. The predicted octanol–water partition coefficient (Wildman–Crippen LogP) is 2.53. The largest absolute Gasteiger partial charge is 0.475 e. The van der Waals surface area contributed by atoms with Crippen molar-refractivity contribution in [3.63, 3.8) is 0 Å². The van der Waals surface area contributed by atoms with Crippen LogP contribution in [0.15, 0.2) is 10.6 Å². The molecule has 0 saturated heterocycles. The molecule has 0 aromatic carbocycles. The number of nitrogens with zero attached hydrogens (tertiary/aromatic N) is 1. The number of aromatic nitrogens is 1. The first-order chi connectivity index (χ1) is 8.77. The molecular formula is C12H20N2O4. The first-order valence-corrected chi connectivity index (χ1v) is 6.32. The molecule has 0 unspecified atom stereocenters. The molecule has 1 amide bonds. The second kappa shape index (κ2) is 8.52. The molecule has 0 atom stereocenters. The number of rotatable bonds is 9. The highest BCUT2D eigenvalue weighted by molar-refractivity contribution is 5.90. The molecule has 0 aliphatic rings. The van der Waals surface area contributed by atoms with Gasteiger partial charge in [-0.05, 0) is 11.6 Å². The van der Waals surface area contributed by atoms with Gasteiger partial charge >= 0.3 is 5.91 Å². The van der Waals surface area contributed by atoms with Crippen LogP contribution in [0.3, 0.4) is 0 Å². The van der Waals surface area contributed by atoms with Crippen LogP contribution >= 0.6 is 0 Å². The number of hydroxylamine groups is 1. The SMILES string of the molecule is CCCCCCCCOc1cc(C(=O)NO)on1. The van der Waals surface area contributed by atoms with Crippen molar-refractivity contribution in [2.45, 2.75) is 45.4 Å². The van der Waals surface area contributed by atoms with Crippen LogP contribution in [0, 0.1) is 0 Å². The number of hydrogen-bond acceptors (Lipinski definition) is 5. The fourth-order valence-corrected chi connectivity index (χ4v) is 1.55. The van der Waals surface area contributed by atoms with E-state index in [1.807, 2.05) is 0 Å². The number of carbonyl (C=O) groups is 1. The van der Waals surface area contributed by atoms with Crippen molar-refractivity contribution in [1.82, 2.24) is 10.6 Å². The Hall–Kier alpha value is -1.56. The van der Waals surface area contributed by atoms with Crippen molar-refractivity contribution in [2.75, 3.05) is 6.61 Å². The third-order valence-electron chi connectivity index (χ3n) is 2.56. The number of hydrogen-bond donors (Lipinski definition) is 2. The summed E-state index contributed by atoms with van der Waals surface area (Å²) < 4.78 is 10.0. The maximum atomic E-state index is 11.0. The lowest BCUT2D eigenvalue weighted by atomic mass is 10.1. The summed E-state index contributed by atoms with van der Waals surface area (Å²) in [5.41, 5.74) is 1.46. The van der Waals surface area contributed by atoms with Gasteiger partial charge in [-0.2, -0.15) is 0 Å². The lowest BCUT2D eigenvalue weighted by molar-refractivity contribution is 0.0666. The molecule has 102 valence electrons. The normalized spacial score (nSPS) is 10.3. The van der Waals surface area contributed by atoms with Gasteiger partial charge in [-0.15, -0.1) is 0 Å². The summed E-state index contributed by atoms with van der Waals surface area (Å²) in [6.45, 7) is 2.74. The number of unbranched alkanes of at least 4 members (excludes halogenated alkanes) is 5.